The van der Waals surface area contributed by atoms with Gasteiger partial charge in [0.1, 0.15) is 0 Å². The average Bonchev–Trinajstić information content (AvgIpc) is 3.43. The summed E-state index contributed by atoms with van der Waals surface area (Å²) in [4.78, 5) is 11.3. The van der Waals surface area contributed by atoms with Crippen molar-refractivity contribution in [1.29, 1.82) is 0 Å². The molecule has 2 unspecified atom stereocenters. The summed E-state index contributed by atoms with van der Waals surface area (Å²) < 4.78 is 31.7. The van der Waals surface area contributed by atoms with Gasteiger partial charge in [-0.05, 0) is 37.8 Å². The van der Waals surface area contributed by atoms with E-state index in [4.69, 9.17) is 4.98 Å². The number of benzene rings is 1. The molecule has 1 aromatic carbocycles. The highest BCUT2D eigenvalue weighted by molar-refractivity contribution is 7.89. The van der Waals surface area contributed by atoms with E-state index in [1.165, 1.54) is 0 Å². The minimum absolute atomic E-state index is 0.151. The summed E-state index contributed by atoms with van der Waals surface area (Å²) in [6, 6.07) is 8.32. The zero-order valence-corrected chi connectivity index (χ0v) is 17.7. The van der Waals surface area contributed by atoms with Crippen LogP contribution in [0.2, 0.25) is 0 Å². The Morgan fingerprint density at radius 2 is 1.76 bits per heavy atom. The summed E-state index contributed by atoms with van der Waals surface area (Å²) in [6.45, 7) is 6.76. The van der Waals surface area contributed by atoms with Crippen LogP contribution in [0.4, 0.5) is 5.95 Å². The zero-order valence-electron chi connectivity index (χ0n) is 16.9. The van der Waals surface area contributed by atoms with E-state index in [9.17, 15) is 8.42 Å². The van der Waals surface area contributed by atoms with Gasteiger partial charge in [-0.25, -0.2) is 18.4 Å². The molecule has 0 aliphatic carbocycles. The molecule has 3 aromatic rings. The number of sulfonamides is 1. The summed E-state index contributed by atoms with van der Waals surface area (Å²) in [7, 11) is -1.50. The van der Waals surface area contributed by atoms with Crippen LogP contribution in [-0.2, 0) is 17.1 Å². The van der Waals surface area contributed by atoms with E-state index in [0.717, 1.165) is 30.1 Å². The van der Waals surface area contributed by atoms with Crippen molar-refractivity contribution in [1.82, 2.24) is 23.4 Å². The van der Waals surface area contributed by atoms with Crippen LogP contribution < -0.4 is 4.90 Å². The van der Waals surface area contributed by atoms with Crippen molar-refractivity contribution in [2.75, 3.05) is 31.1 Å². The first-order valence-electron chi connectivity index (χ1n) is 10.0. The van der Waals surface area contributed by atoms with Gasteiger partial charge in [0.15, 0.2) is 5.03 Å². The largest absolute Gasteiger partial charge is 0.342 e. The van der Waals surface area contributed by atoms with Crippen LogP contribution in [0.1, 0.15) is 19.9 Å². The smallest absolute Gasteiger partial charge is 0.262 e. The van der Waals surface area contributed by atoms with E-state index < -0.39 is 10.0 Å². The van der Waals surface area contributed by atoms with Crippen molar-refractivity contribution >= 4 is 27.0 Å². The van der Waals surface area contributed by atoms with Crippen LogP contribution in [0.5, 0.6) is 0 Å². The molecule has 2 aliphatic heterocycles. The van der Waals surface area contributed by atoms with E-state index in [1.807, 2.05) is 43.7 Å². The standard InChI is InChI=1S/C20H26N6O2S/c1-14(2)25-12-19(21-13-25)29(27,28)26-10-15-8-24(9-16(15)11-26)20-22-17-6-4-5-7-18(17)23(20)3/h4-7,12-16H,8-11H2,1-3H3. The second kappa shape index (κ2) is 6.56. The Hall–Kier alpha value is -2.39. The molecule has 2 atom stereocenters. The number of hydrogen-bond acceptors (Lipinski definition) is 5. The zero-order chi connectivity index (χ0) is 20.3. The normalized spacial score (nSPS) is 22.8. The molecule has 29 heavy (non-hydrogen) atoms. The molecule has 0 N–H and O–H groups in total. The predicted molar refractivity (Wildman–Crippen MR) is 111 cm³/mol. The maximum atomic E-state index is 13.0. The van der Waals surface area contributed by atoms with Crippen LogP contribution in [0.25, 0.3) is 11.0 Å². The Labute approximate surface area is 170 Å². The lowest BCUT2D eigenvalue weighted by molar-refractivity contribution is 0.450. The fraction of sp³-hybridized carbons (Fsp3) is 0.500. The van der Waals surface area contributed by atoms with Crippen molar-refractivity contribution in [3.8, 4) is 0 Å². The monoisotopic (exact) mass is 414 g/mol. The fourth-order valence-electron chi connectivity index (χ4n) is 4.59. The summed E-state index contributed by atoms with van der Waals surface area (Å²) in [6.07, 6.45) is 3.24. The molecule has 154 valence electrons. The summed E-state index contributed by atoms with van der Waals surface area (Å²) in [5, 5.41) is 0.151. The fourth-order valence-corrected chi connectivity index (χ4v) is 6.07. The van der Waals surface area contributed by atoms with Crippen molar-refractivity contribution < 1.29 is 8.42 Å². The molecule has 2 aliphatic rings. The van der Waals surface area contributed by atoms with Gasteiger partial charge in [-0.15, -0.1) is 0 Å². The molecular weight excluding hydrogens is 388 g/mol. The maximum absolute atomic E-state index is 13.0. The molecule has 2 aromatic heterocycles. The number of aromatic nitrogens is 4. The first-order chi connectivity index (χ1) is 13.8. The van der Waals surface area contributed by atoms with Gasteiger partial charge < -0.3 is 14.0 Å². The molecular formula is C20H26N6O2S. The third-order valence-corrected chi connectivity index (χ3v) is 7.99. The van der Waals surface area contributed by atoms with Gasteiger partial charge >= 0.3 is 0 Å². The summed E-state index contributed by atoms with van der Waals surface area (Å²) in [5.41, 5.74) is 2.11. The van der Waals surface area contributed by atoms with E-state index in [2.05, 4.69) is 20.5 Å². The predicted octanol–water partition coefficient (Wildman–Crippen LogP) is 2.11. The SMILES string of the molecule is CC(C)n1cnc(S(=O)(=O)N2CC3CN(c4nc5ccccc5n4C)CC3C2)c1. The van der Waals surface area contributed by atoms with Gasteiger partial charge in [-0.2, -0.15) is 4.31 Å². The molecule has 8 nitrogen and oxygen atoms in total. The van der Waals surface area contributed by atoms with Gasteiger partial charge in [0.25, 0.3) is 10.0 Å². The molecule has 5 rings (SSSR count). The van der Waals surface area contributed by atoms with Crippen LogP contribution in [-0.4, -0.2) is 58.0 Å². The Bertz CT molecular complexity index is 1150. The van der Waals surface area contributed by atoms with Crippen LogP contribution in [0.15, 0.2) is 41.8 Å². The topological polar surface area (TPSA) is 76.3 Å². The molecule has 0 saturated carbocycles. The second-order valence-electron chi connectivity index (χ2n) is 8.46. The van der Waals surface area contributed by atoms with Gasteiger partial charge in [0.05, 0.1) is 17.4 Å². The highest BCUT2D eigenvalue weighted by atomic mass is 32.2. The van der Waals surface area contributed by atoms with E-state index in [1.54, 1.807) is 16.8 Å². The molecule has 2 fully saturated rings. The molecule has 9 heteroatoms. The summed E-state index contributed by atoms with van der Waals surface area (Å²) >= 11 is 0. The lowest BCUT2D eigenvalue weighted by atomic mass is 10.0. The quantitative estimate of drug-likeness (QED) is 0.654. The van der Waals surface area contributed by atoms with Crippen molar-refractivity contribution in [3.63, 3.8) is 0 Å². The molecule has 2 saturated heterocycles. The minimum Gasteiger partial charge on any atom is -0.342 e. The molecule has 0 bridgehead atoms. The van der Waals surface area contributed by atoms with Crippen LogP contribution >= 0.6 is 0 Å². The van der Waals surface area contributed by atoms with Crippen LogP contribution in [0, 0.1) is 11.8 Å². The summed E-state index contributed by atoms with van der Waals surface area (Å²) in [5.74, 6) is 1.60. The number of aryl methyl sites for hydroxylation is 1. The van der Waals surface area contributed by atoms with Gasteiger partial charge in [0.2, 0.25) is 5.95 Å². The number of rotatable bonds is 4. The molecule has 0 spiro atoms. The van der Waals surface area contributed by atoms with Crippen molar-refractivity contribution in [2.45, 2.75) is 24.9 Å². The molecule has 0 radical (unpaired) electrons. The number of imidazole rings is 2. The first-order valence-corrected chi connectivity index (χ1v) is 11.5. The Morgan fingerprint density at radius 1 is 1.07 bits per heavy atom. The average molecular weight is 415 g/mol. The Balaban J connectivity index is 1.33. The lowest BCUT2D eigenvalue weighted by Crippen LogP contribution is -2.34. The number of para-hydroxylation sites is 2. The van der Waals surface area contributed by atoms with Crippen LogP contribution in [0.3, 0.4) is 0 Å². The Kier molecular flexibility index (Phi) is 4.22. The number of nitrogens with zero attached hydrogens (tertiary/aromatic N) is 6. The molecule has 4 heterocycles. The van der Waals surface area contributed by atoms with Crippen molar-refractivity contribution in [2.24, 2.45) is 18.9 Å². The number of hydrogen-bond donors (Lipinski definition) is 0. The van der Waals surface area contributed by atoms with E-state index in [-0.39, 0.29) is 11.1 Å². The number of fused-ring (bicyclic) bond motifs is 2. The Morgan fingerprint density at radius 3 is 2.38 bits per heavy atom. The third-order valence-electron chi connectivity index (χ3n) is 6.28. The van der Waals surface area contributed by atoms with Gasteiger partial charge in [-0.3, -0.25) is 0 Å². The lowest BCUT2D eigenvalue weighted by Gasteiger charge is -2.21. The third kappa shape index (κ3) is 2.95. The molecule has 0 amide bonds. The van der Waals surface area contributed by atoms with Crippen molar-refractivity contribution in [3.05, 3.63) is 36.8 Å². The van der Waals surface area contributed by atoms with Gasteiger partial charge in [0, 0.05) is 45.5 Å². The second-order valence-corrected chi connectivity index (χ2v) is 10.3. The highest BCUT2D eigenvalue weighted by Crippen LogP contribution is 2.36. The number of anilines is 1. The first kappa shape index (κ1) is 18.6. The van der Waals surface area contributed by atoms with E-state index in [0.29, 0.717) is 24.9 Å². The van der Waals surface area contributed by atoms with E-state index >= 15 is 0 Å². The minimum atomic E-state index is -3.54. The highest BCUT2D eigenvalue weighted by Gasteiger charge is 2.45. The maximum Gasteiger partial charge on any atom is 0.262 e. The van der Waals surface area contributed by atoms with Gasteiger partial charge in [-0.1, -0.05) is 12.1 Å².